The molecule has 0 saturated carbocycles. The van der Waals surface area contributed by atoms with Crippen LogP contribution in [0, 0.1) is 6.92 Å². The fourth-order valence-corrected chi connectivity index (χ4v) is 1.80. The van der Waals surface area contributed by atoms with Crippen molar-refractivity contribution in [2.75, 3.05) is 10.6 Å². The smallest absolute Gasteiger partial charge is 0.132 e. The van der Waals surface area contributed by atoms with Gasteiger partial charge in [0.2, 0.25) is 0 Å². The minimum Gasteiger partial charge on any atom is -0.366 e. The van der Waals surface area contributed by atoms with Gasteiger partial charge in [-0.05, 0) is 45.4 Å². The number of nitrogens with zero attached hydrogens (tertiary/aromatic N) is 3. The Labute approximate surface area is 119 Å². The van der Waals surface area contributed by atoms with Crippen molar-refractivity contribution >= 4 is 11.6 Å². The third-order valence-electron chi connectivity index (χ3n) is 2.56. The highest BCUT2D eigenvalue weighted by molar-refractivity contribution is 5.48. The summed E-state index contributed by atoms with van der Waals surface area (Å²) in [5.74, 6) is 2.40. The topological polar surface area (TPSA) is 62.7 Å². The van der Waals surface area contributed by atoms with Gasteiger partial charge in [-0.1, -0.05) is 0 Å². The van der Waals surface area contributed by atoms with Gasteiger partial charge in [0.05, 0.1) is 0 Å². The standard InChI is InChI=1S/C15H21N5/c1-11-18-13(9-14(19-11)20-15(2,3)4)17-10-12-5-7-16-8-6-12/h5-9H,10H2,1-4H3,(H2,17,18,19,20). The fourth-order valence-electron chi connectivity index (χ4n) is 1.80. The van der Waals surface area contributed by atoms with Crippen molar-refractivity contribution in [1.82, 2.24) is 15.0 Å². The molecule has 0 atom stereocenters. The molecule has 2 aromatic rings. The molecule has 0 aliphatic rings. The molecular weight excluding hydrogens is 250 g/mol. The van der Waals surface area contributed by atoms with Gasteiger partial charge in [0.15, 0.2) is 0 Å². The Morgan fingerprint density at radius 3 is 2.35 bits per heavy atom. The van der Waals surface area contributed by atoms with E-state index in [0.717, 1.165) is 17.5 Å². The van der Waals surface area contributed by atoms with Gasteiger partial charge >= 0.3 is 0 Å². The van der Waals surface area contributed by atoms with Crippen LogP contribution in [0.25, 0.3) is 0 Å². The van der Waals surface area contributed by atoms with Crippen LogP contribution in [0.15, 0.2) is 30.6 Å². The molecule has 0 fully saturated rings. The summed E-state index contributed by atoms with van der Waals surface area (Å²) >= 11 is 0. The van der Waals surface area contributed by atoms with E-state index in [-0.39, 0.29) is 5.54 Å². The van der Waals surface area contributed by atoms with E-state index in [1.807, 2.05) is 25.1 Å². The largest absolute Gasteiger partial charge is 0.366 e. The highest BCUT2D eigenvalue weighted by atomic mass is 15.1. The first-order valence-corrected chi connectivity index (χ1v) is 6.69. The molecule has 0 unspecified atom stereocenters. The number of hydrogen-bond acceptors (Lipinski definition) is 5. The summed E-state index contributed by atoms with van der Waals surface area (Å²) < 4.78 is 0. The van der Waals surface area contributed by atoms with E-state index < -0.39 is 0 Å². The summed E-state index contributed by atoms with van der Waals surface area (Å²) in [7, 11) is 0. The van der Waals surface area contributed by atoms with Crippen LogP contribution in [0.1, 0.15) is 32.2 Å². The van der Waals surface area contributed by atoms with Gasteiger partial charge in [0.1, 0.15) is 17.5 Å². The van der Waals surface area contributed by atoms with Crippen LogP contribution in [0.5, 0.6) is 0 Å². The van der Waals surface area contributed by atoms with Crippen LogP contribution in [0.3, 0.4) is 0 Å². The molecule has 20 heavy (non-hydrogen) atoms. The predicted molar refractivity (Wildman–Crippen MR) is 81.7 cm³/mol. The van der Waals surface area contributed by atoms with Gasteiger partial charge < -0.3 is 10.6 Å². The van der Waals surface area contributed by atoms with Crippen molar-refractivity contribution in [3.05, 3.63) is 42.0 Å². The zero-order valence-corrected chi connectivity index (χ0v) is 12.4. The third kappa shape index (κ3) is 4.50. The van der Waals surface area contributed by atoms with E-state index in [2.05, 4.69) is 46.4 Å². The molecule has 0 aliphatic heterocycles. The summed E-state index contributed by atoms with van der Waals surface area (Å²) in [6.45, 7) is 8.93. The first-order chi connectivity index (χ1) is 9.42. The summed E-state index contributed by atoms with van der Waals surface area (Å²) in [5, 5.41) is 6.67. The average Bonchev–Trinajstić information content (AvgIpc) is 2.35. The number of aromatic nitrogens is 3. The number of pyridine rings is 1. The molecule has 0 bridgehead atoms. The maximum Gasteiger partial charge on any atom is 0.132 e. The molecule has 5 heteroatoms. The molecule has 0 aliphatic carbocycles. The monoisotopic (exact) mass is 271 g/mol. The molecular formula is C15H21N5. The normalized spacial score (nSPS) is 11.2. The van der Waals surface area contributed by atoms with E-state index >= 15 is 0 Å². The zero-order chi connectivity index (χ0) is 14.6. The highest BCUT2D eigenvalue weighted by Gasteiger charge is 2.11. The van der Waals surface area contributed by atoms with Crippen molar-refractivity contribution < 1.29 is 0 Å². The van der Waals surface area contributed by atoms with Crippen molar-refractivity contribution in [3.8, 4) is 0 Å². The molecule has 5 nitrogen and oxygen atoms in total. The molecule has 2 heterocycles. The molecule has 2 rings (SSSR count). The van der Waals surface area contributed by atoms with E-state index in [4.69, 9.17) is 0 Å². The molecule has 0 amide bonds. The fraction of sp³-hybridized carbons (Fsp3) is 0.400. The second-order valence-electron chi connectivity index (χ2n) is 5.77. The van der Waals surface area contributed by atoms with Crippen LogP contribution in [0.4, 0.5) is 11.6 Å². The average molecular weight is 271 g/mol. The zero-order valence-electron chi connectivity index (χ0n) is 12.4. The SMILES string of the molecule is Cc1nc(NCc2ccncc2)cc(NC(C)(C)C)n1. The Bertz CT molecular complexity index is 560. The first kappa shape index (κ1) is 14.2. The Morgan fingerprint density at radius 1 is 1.05 bits per heavy atom. The predicted octanol–water partition coefficient (Wildman–Crippen LogP) is 3.00. The van der Waals surface area contributed by atoms with Crippen molar-refractivity contribution in [1.29, 1.82) is 0 Å². The van der Waals surface area contributed by atoms with Crippen molar-refractivity contribution in [3.63, 3.8) is 0 Å². The molecule has 2 aromatic heterocycles. The van der Waals surface area contributed by atoms with Crippen molar-refractivity contribution in [2.24, 2.45) is 0 Å². The van der Waals surface area contributed by atoms with Gasteiger partial charge in [-0.3, -0.25) is 4.98 Å². The molecule has 106 valence electrons. The second kappa shape index (κ2) is 5.86. The van der Waals surface area contributed by atoms with E-state index in [9.17, 15) is 0 Å². The third-order valence-corrected chi connectivity index (χ3v) is 2.56. The van der Waals surface area contributed by atoms with E-state index in [0.29, 0.717) is 6.54 Å². The minimum absolute atomic E-state index is 0.0246. The van der Waals surface area contributed by atoms with E-state index in [1.165, 1.54) is 5.56 Å². The summed E-state index contributed by atoms with van der Waals surface area (Å²) in [4.78, 5) is 12.8. The molecule has 0 aromatic carbocycles. The quantitative estimate of drug-likeness (QED) is 0.895. The van der Waals surface area contributed by atoms with Crippen LogP contribution in [-0.4, -0.2) is 20.5 Å². The summed E-state index contributed by atoms with van der Waals surface area (Å²) in [5.41, 5.74) is 1.14. The molecule has 0 radical (unpaired) electrons. The second-order valence-corrected chi connectivity index (χ2v) is 5.77. The molecule has 0 spiro atoms. The van der Waals surface area contributed by atoms with Gasteiger partial charge in [0, 0.05) is 30.5 Å². The van der Waals surface area contributed by atoms with E-state index in [1.54, 1.807) is 12.4 Å². The number of aryl methyl sites for hydroxylation is 1. The minimum atomic E-state index is -0.0246. The number of nitrogens with one attached hydrogen (secondary N) is 2. The number of hydrogen-bond donors (Lipinski definition) is 2. The Morgan fingerprint density at radius 2 is 1.70 bits per heavy atom. The lowest BCUT2D eigenvalue weighted by Crippen LogP contribution is -2.27. The maximum absolute atomic E-state index is 4.40. The van der Waals surface area contributed by atoms with Crippen LogP contribution < -0.4 is 10.6 Å². The Kier molecular flexibility index (Phi) is 4.17. The van der Waals surface area contributed by atoms with Gasteiger partial charge in [0.25, 0.3) is 0 Å². The Balaban J connectivity index is 2.08. The number of anilines is 2. The highest BCUT2D eigenvalue weighted by Crippen LogP contribution is 2.16. The molecule has 2 N–H and O–H groups in total. The van der Waals surface area contributed by atoms with Crippen LogP contribution in [-0.2, 0) is 6.54 Å². The summed E-state index contributed by atoms with van der Waals surface area (Å²) in [6.07, 6.45) is 3.57. The number of rotatable bonds is 4. The lowest BCUT2D eigenvalue weighted by atomic mass is 10.1. The van der Waals surface area contributed by atoms with Crippen LogP contribution >= 0.6 is 0 Å². The lowest BCUT2D eigenvalue weighted by molar-refractivity contribution is 0.629. The molecule has 0 saturated heterocycles. The summed E-state index contributed by atoms with van der Waals surface area (Å²) in [6, 6.07) is 5.89. The van der Waals surface area contributed by atoms with Gasteiger partial charge in [-0.15, -0.1) is 0 Å². The lowest BCUT2D eigenvalue weighted by Gasteiger charge is -2.21. The maximum atomic E-state index is 4.40. The van der Waals surface area contributed by atoms with Crippen molar-refractivity contribution in [2.45, 2.75) is 39.8 Å². The Hall–Kier alpha value is -2.17. The van der Waals surface area contributed by atoms with Gasteiger partial charge in [-0.25, -0.2) is 9.97 Å². The van der Waals surface area contributed by atoms with Crippen LogP contribution in [0.2, 0.25) is 0 Å². The van der Waals surface area contributed by atoms with Gasteiger partial charge in [-0.2, -0.15) is 0 Å². The first-order valence-electron chi connectivity index (χ1n) is 6.69.